The maximum absolute atomic E-state index is 14.3. The van der Waals surface area contributed by atoms with Crippen LogP contribution in [-0.2, 0) is 16.6 Å². The predicted molar refractivity (Wildman–Crippen MR) is 144 cm³/mol. The first-order valence-corrected chi connectivity index (χ1v) is 13.7. The number of hydrogen-bond donors (Lipinski definition) is 2. The lowest BCUT2D eigenvalue weighted by molar-refractivity contribution is 0.0694. The van der Waals surface area contributed by atoms with E-state index in [0.717, 1.165) is 40.2 Å². The van der Waals surface area contributed by atoms with Crippen LogP contribution in [0.2, 0.25) is 5.02 Å². The third kappa shape index (κ3) is 4.91. The number of halogens is 2. The fourth-order valence-corrected chi connectivity index (χ4v) is 6.37. The van der Waals surface area contributed by atoms with Crippen molar-refractivity contribution in [2.45, 2.75) is 11.4 Å². The molecule has 0 aliphatic rings. The van der Waals surface area contributed by atoms with Crippen molar-refractivity contribution in [3.05, 3.63) is 111 Å². The third-order valence-corrected chi connectivity index (χ3v) is 8.44. The third-order valence-electron chi connectivity index (χ3n) is 5.69. The van der Waals surface area contributed by atoms with Crippen molar-refractivity contribution in [2.24, 2.45) is 0 Å². The molecule has 192 valence electrons. The van der Waals surface area contributed by atoms with E-state index < -0.39 is 37.7 Å². The maximum Gasteiger partial charge on any atom is 0.341 e. The number of anilines is 1. The Hall–Kier alpha value is -4.06. The van der Waals surface area contributed by atoms with Crippen LogP contribution in [0.5, 0.6) is 0 Å². The van der Waals surface area contributed by atoms with Crippen LogP contribution in [0, 0.1) is 5.82 Å². The zero-order valence-corrected chi connectivity index (χ0v) is 21.6. The second kappa shape index (κ2) is 10.0. The van der Waals surface area contributed by atoms with Gasteiger partial charge in [-0.2, -0.15) is 0 Å². The van der Waals surface area contributed by atoms with Crippen LogP contribution >= 0.6 is 22.9 Å². The number of sulfonamides is 1. The molecule has 2 aromatic heterocycles. The van der Waals surface area contributed by atoms with Gasteiger partial charge < -0.3 is 9.67 Å². The van der Waals surface area contributed by atoms with Crippen LogP contribution in [0.15, 0.2) is 88.7 Å². The second-order valence-corrected chi connectivity index (χ2v) is 11.2. The minimum atomic E-state index is -4.43. The summed E-state index contributed by atoms with van der Waals surface area (Å²) >= 11 is 6.55. The largest absolute Gasteiger partial charge is 0.477 e. The Balaban J connectivity index is 1.62. The first-order chi connectivity index (χ1) is 18.1. The van der Waals surface area contributed by atoms with E-state index in [9.17, 15) is 27.5 Å². The molecule has 0 atom stereocenters. The Morgan fingerprint density at radius 3 is 2.50 bits per heavy atom. The van der Waals surface area contributed by atoms with Gasteiger partial charge in [0, 0.05) is 17.8 Å². The van der Waals surface area contributed by atoms with Gasteiger partial charge in [-0.25, -0.2) is 22.6 Å². The van der Waals surface area contributed by atoms with Crippen molar-refractivity contribution >= 4 is 54.4 Å². The average Bonchev–Trinajstić information content (AvgIpc) is 3.30. The zero-order valence-electron chi connectivity index (χ0n) is 19.3. The highest BCUT2D eigenvalue weighted by Gasteiger charge is 2.24. The normalized spacial score (nSPS) is 11.5. The lowest BCUT2D eigenvalue weighted by Crippen LogP contribution is -2.19. The number of fused-ring (bicyclic) bond motifs is 1. The summed E-state index contributed by atoms with van der Waals surface area (Å²) in [6.45, 7) is 0.169. The molecule has 2 heterocycles. The quantitative estimate of drug-likeness (QED) is 0.268. The minimum absolute atomic E-state index is 0.0236. The molecule has 0 radical (unpaired) electrons. The Bertz CT molecular complexity index is 1870. The molecule has 0 unspecified atom stereocenters. The summed E-state index contributed by atoms with van der Waals surface area (Å²) in [5.41, 5.74) is 1.08. The highest BCUT2D eigenvalue weighted by molar-refractivity contribution is 7.93. The van der Waals surface area contributed by atoms with Gasteiger partial charge in [-0.3, -0.25) is 9.52 Å². The van der Waals surface area contributed by atoms with Crippen molar-refractivity contribution in [3.63, 3.8) is 0 Å². The Morgan fingerprint density at radius 1 is 1.08 bits per heavy atom. The van der Waals surface area contributed by atoms with Gasteiger partial charge in [0.1, 0.15) is 26.6 Å². The average molecular weight is 570 g/mol. The molecule has 0 fully saturated rings. The summed E-state index contributed by atoms with van der Waals surface area (Å²) in [6, 6.07) is 20.2. The summed E-state index contributed by atoms with van der Waals surface area (Å²) in [4.78, 5) is 28.4. The zero-order chi connectivity index (χ0) is 27.0. The smallest absolute Gasteiger partial charge is 0.341 e. The second-order valence-electron chi connectivity index (χ2n) is 8.18. The van der Waals surface area contributed by atoms with E-state index in [-0.39, 0.29) is 27.0 Å². The van der Waals surface area contributed by atoms with Gasteiger partial charge in [-0.05, 0) is 34.9 Å². The van der Waals surface area contributed by atoms with Gasteiger partial charge in [-0.15, -0.1) is 0 Å². The molecule has 5 aromatic rings. The highest BCUT2D eigenvalue weighted by atomic mass is 35.5. The van der Waals surface area contributed by atoms with Crippen molar-refractivity contribution in [3.8, 4) is 11.1 Å². The van der Waals surface area contributed by atoms with Crippen LogP contribution in [0.1, 0.15) is 15.9 Å². The number of carboxylic acids is 1. The number of pyridine rings is 1. The van der Waals surface area contributed by atoms with E-state index in [0.29, 0.717) is 0 Å². The van der Waals surface area contributed by atoms with Crippen LogP contribution in [0.4, 0.5) is 9.52 Å². The molecule has 0 bridgehead atoms. The van der Waals surface area contributed by atoms with Gasteiger partial charge in [0.2, 0.25) is 5.43 Å². The number of aromatic nitrogens is 2. The van der Waals surface area contributed by atoms with Gasteiger partial charge in [0.25, 0.3) is 10.0 Å². The SMILES string of the molecule is O=C(O)c1cn(Cc2ccccc2-c2ccccc2)c2sc(NS(=O)(=O)c3ccc(Cl)cc3F)nc2c1=O. The Kier molecular flexibility index (Phi) is 6.74. The molecule has 38 heavy (non-hydrogen) atoms. The topological polar surface area (TPSA) is 118 Å². The maximum atomic E-state index is 14.3. The molecule has 0 saturated heterocycles. The monoisotopic (exact) mass is 569 g/mol. The van der Waals surface area contributed by atoms with Gasteiger partial charge in [0.15, 0.2) is 5.13 Å². The van der Waals surface area contributed by atoms with Gasteiger partial charge >= 0.3 is 5.97 Å². The Morgan fingerprint density at radius 2 is 1.79 bits per heavy atom. The minimum Gasteiger partial charge on any atom is -0.477 e. The number of benzene rings is 3. The first kappa shape index (κ1) is 25.6. The molecule has 0 saturated carbocycles. The number of nitrogens with one attached hydrogen (secondary N) is 1. The number of rotatable bonds is 7. The number of carbonyl (C=O) groups is 1. The van der Waals surface area contributed by atoms with E-state index in [1.54, 1.807) is 4.57 Å². The van der Waals surface area contributed by atoms with Gasteiger partial charge in [0.05, 0.1) is 0 Å². The summed E-state index contributed by atoms with van der Waals surface area (Å²) < 4.78 is 43.7. The fraction of sp³-hybridized carbons (Fsp3) is 0.0385. The van der Waals surface area contributed by atoms with Crippen LogP contribution in [0.25, 0.3) is 21.5 Å². The molecule has 0 spiro atoms. The molecule has 0 aliphatic carbocycles. The summed E-state index contributed by atoms with van der Waals surface area (Å²) in [6.07, 6.45) is 1.21. The predicted octanol–water partition coefficient (Wildman–Crippen LogP) is 5.46. The van der Waals surface area contributed by atoms with E-state index in [1.165, 1.54) is 12.3 Å². The number of hydrogen-bond acceptors (Lipinski definition) is 6. The number of aromatic carboxylic acids is 1. The van der Waals surface area contributed by atoms with Crippen LogP contribution in [-0.4, -0.2) is 29.0 Å². The Labute approximate surface area is 224 Å². The molecule has 0 amide bonds. The summed E-state index contributed by atoms with van der Waals surface area (Å²) in [7, 11) is -4.43. The lowest BCUT2D eigenvalue weighted by atomic mass is 9.99. The lowest BCUT2D eigenvalue weighted by Gasteiger charge is -2.13. The molecule has 5 rings (SSSR count). The van der Waals surface area contributed by atoms with E-state index in [1.807, 2.05) is 54.6 Å². The molecule has 12 heteroatoms. The number of thiazole rings is 1. The highest BCUT2D eigenvalue weighted by Crippen LogP contribution is 2.30. The molecule has 0 aliphatic heterocycles. The van der Waals surface area contributed by atoms with Crippen molar-refractivity contribution in [1.29, 1.82) is 0 Å². The molecule has 3 aromatic carbocycles. The molecule has 8 nitrogen and oxygen atoms in total. The first-order valence-electron chi connectivity index (χ1n) is 11.0. The van der Waals surface area contributed by atoms with Crippen molar-refractivity contribution < 1.29 is 22.7 Å². The standard InChI is InChI=1S/C26H17ClFN3O5S2/c27-17-10-11-21(20(28)12-17)38(35,36)30-26-29-22-23(32)19(25(33)34)14-31(24(22)37-26)13-16-8-4-5-9-18(16)15-6-2-1-3-7-15/h1-12,14H,13H2,(H,29,30)(H,33,34). The van der Waals surface area contributed by atoms with Crippen LogP contribution in [0.3, 0.4) is 0 Å². The van der Waals surface area contributed by atoms with Gasteiger partial charge in [-0.1, -0.05) is 77.5 Å². The number of nitrogens with zero attached hydrogens (tertiary/aromatic N) is 2. The summed E-state index contributed by atoms with van der Waals surface area (Å²) in [5, 5.41) is 9.44. The number of carboxylic acid groups (broad SMARTS) is 1. The van der Waals surface area contributed by atoms with E-state index in [2.05, 4.69) is 9.71 Å². The fourth-order valence-electron chi connectivity index (χ4n) is 3.97. The molecular formula is C26H17ClFN3O5S2. The summed E-state index contributed by atoms with van der Waals surface area (Å²) in [5.74, 6) is -2.50. The molecule has 2 N–H and O–H groups in total. The van der Waals surface area contributed by atoms with E-state index in [4.69, 9.17) is 11.6 Å². The van der Waals surface area contributed by atoms with E-state index >= 15 is 0 Å². The van der Waals surface area contributed by atoms with Crippen LogP contribution < -0.4 is 10.2 Å². The van der Waals surface area contributed by atoms with Crippen molar-refractivity contribution in [2.75, 3.05) is 4.72 Å². The molecular weight excluding hydrogens is 553 g/mol. The van der Waals surface area contributed by atoms with Crippen molar-refractivity contribution in [1.82, 2.24) is 9.55 Å².